The van der Waals surface area contributed by atoms with Crippen LogP contribution in [0, 0.1) is 0 Å². The fraction of sp³-hybridized carbons (Fsp3) is 0.133. The Labute approximate surface area is 115 Å². The van der Waals surface area contributed by atoms with E-state index in [0.29, 0.717) is 6.54 Å². The van der Waals surface area contributed by atoms with Gasteiger partial charge in [0.05, 0.1) is 6.26 Å². The van der Waals surface area contributed by atoms with Gasteiger partial charge in [0.2, 0.25) is 0 Å². The van der Waals surface area contributed by atoms with Gasteiger partial charge in [-0.2, -0.15) is 0 Å². The number of carboxylic acid groups (broad SMARTS) is 1. The molecule has 0 saturated carbocycles. The highest BCUT2D eigenvalue weighted by atomic mass is 16.4. The fourth-order valence-corrected chi connectivity index (χ4v) is 2.11. The fourth-order valence-electron chi connectivity index (χ4n) is 2.11. The largest absolute Gasteiger partial charge is 0.481 e. The van der Waals surface area contributed by atoms with Gasteiger partial charge in [-0.25, -0.2) is 4.57 Å². The first-order valence-electron chi connectivity index (χ1n) is 6.27. The van der Waals surface area contributed by atoms with Crippen LogP contribution in [0.1, 0.15) is 6.42 Å². The number of pyridine rings is 2. The van der Waals surface area contributed by atoms with Crippen molar-refractivity contribution in [3.8, 4) is 11.1 Å². The maximum Gasteiger partial charge on any atom is 0.309 e. The maximum absolute atomic E-state index is 10.5. The molecule has 0 amide bonds. The molecule has 3 aromatic rings. The van der Waals surface area contributed by atoms with E-state index in [1.165, 1.54) is 0 Å². The number of carbonyl (C=O) groups is 1. The van der Waals surface area contributed by atoms with Crippen molar-refractivity contribution in [2.24, 2.45) is 0 Å². The number of aromatic nitrogens is 2. The Bertz CT molecular complexity index is 747. The highest BCUT2D eigenvalue weighted by Gasteiger charge is 2.10. The van der Waals surface area contributed by atoms with Crippen molar-refractivity contribution in [2.75, 3.05) is 0 Å². The second-order valence-corrected chi connectivity index (χ2v) is 4.46. The van der Waals surface area contributed by atoms with Crippen LogP contribution >= 0.6 is 0 Å². The molecule has 3 heterocycles. The number of carboxylic acids is 1. The predicted octanol–water partition coefficient (Wildman–Crippen LogP) is 2.26. The normalized spacial score (nSPS) is 10.8. The average molecular weight is 269 g/mol. The Morgan fingerprint density at radius 2 is 2.05 bits per heavy atom. The molecular formula is C15H13N2O3+. The molecule has 0 spiro atoms. The van der Waals surface area contributed by atoms with Gasteiger partial charge in [-0.15, -0.1) is 0 Å². The third-order valence-electron chi connectivity index (χ3n) is 3.13. The van der Waals surface area contributed by atoms with E-state index in [1.807, 2.05) is 41.2 Å². The van der Waals surface area contributed by atoms with Crippen LogP contribution in [0.4, 0.5) is 0 Å². The van der Waals surface area contributed by atoms with Crippen LogP contribution in [-0.2, 0) is 11.3 Å². The Morgan fingerprint density at radius 1 is 1.25 bits per heavy atom. The second-order valence-electron chi connectivity index (χ2n) is 4.46. The topological polar surface area (TPSA) is 67.2 Å². The minimum Gasteiger partial charge on any atom is -0.481 e. The lowest BCUT2D eigenvalue weighted by Crippen LogP contribution is -2.33. The molecule has 0 unspecified atom stereocenters. The number of furan rings is 1. The van der Waals surface area contributed by atoms with Crippen LogP contribution in [0.15, 0.2) is 53.5 Å². The number of aryl methyl sites for hydroxylation is 1. The Morgan fingerprint density at radius 3 is 2.80 bits per heavy atom. The van der Waals surface area contributed by atoms with Gasteiger partial charge < -0.3 is 9.52 Å². The van der Waals surface area contributed by atoms with E-state index in [0.717, 1.165) is 22.2 Å². The molecule has 20 heavy (non-hydrogen) atoms. The molecule has 3 aromatic heterocycles. The number of hydrogen-bond acceptors (Lipinski definition) is 3. The summed E-state index contributed by atoms with van der Waals surface area (Å²) in [4.78, 5) is 14.8. The van der Waals surface area contributed by atoms with E-state index < -0.39 is 5.97 Å². The molecule has 0 aliphatic rings. The molecule has 0 aliphatic heterocycles. The highest BCUT2D eigenvalue weighted by molar-refractivity contribution is 5.89. The quantitative estimate of drug-likeness (QED) is 0.738. The van der Waals surface area contributed by atoms with Crippen LogP contribution in [0.2, 0.25) is 0 Å². The minimum atomic E-state index is -0.798. The second kappa shape index (κ2) is 5.13. The smallest absolute Gasteiger partial charge is 0.309 e. The number of fused-ring (bicyclic) bond motifs is 1. The zero-order valence-electron chi connectivity index (χ0n) is 10.7. The molecule has 0 fully saturated rings. The molecule has 0 aliphatic carbocycles. The van der Waals surface area contributed by atoms with E-state index in [1.54, 1.807) is 12.5 Å². The molecule has 0 radical (unpaired) electrons. The van der Waals surface area contributed by atoms with Gasteiger partial charge >= 0.3 is 5.97 Å². The molecule has 0 atom stereocenters. The first-order chi connectivity index (χ1) is 9.74. The summed E-state index contributed by atoms with van der Waals surface area (Å²) in [6.45, 7) is 0.460. The Hall–Kier alpha value is -2.69. The van der Waals surface area contributed by atoms with E-state index in [2.05, 4.69) is 4.98 Å². The van der Waals surface area contributed by atoms with Crippen LogP contribution in [0.25, 0.3) is 22.2 Å². The molecule has 5 nitrogen and oxygen atoms in total. The summed E-state index contributed by atoms with van der Waals surface area (Å²) in [5.74, 6) is -0.798. The maximum atomic E-state index is 10.5. The lowest BCUT2D eigenvalue weighted by atomic mass is 10.1. The Kier molecular flexibility index (Phi) is 3.16. The van der Waals surface area contributed by atoms with Gasteiger partial charge in [-0.1, -0.05) is 0 Å². The van der Waals surface area contributed by atoms with Gasteiger partial charge in [-0.05, 0) is 11.6 Å². The summed E-state index contributed by atoms with van der Waals surface area (Å²) in [6.07, 6.45) is 7.22. The molecule has 0 aromatic carbocycles. The summed E-state index contributed by atoms with van der Waals surface area (Å²) in [5, 5.41) is 8.67. The lowest BCUT2D eigenvalue weighted by Gasteiger charge is -2.01. The molecule has 0 saturated heterocycles. The number of hydrogen-bond donors (Lipinski definition) is 1. The van der Waals surface area contributed by atoms with Crippen molar-refractivity contribution in [3.05, 3.63) is 49.1 Å². The van der Waals surface area contributed by atoms with Gasteiger partial charge in [0, 0.05) is 30.0 Å². The SMILES string of the molecule is O=C(O)CC[n+]1ccc(-c2ccnc3ccoc23)cc1. The minimum absolute atomic E-state index is 0.113. The Balaban J connectivity index is 1.91. The van der Waals surface area contributed by atoms with Crippen molar-refractivity contribution < 1.29 is 18.9 Å². The van der Waals surface area contributed by atoms with E-state index in [4.69, 9.17) is 9.52 Å². The molecule has 5 heteroatoms. The third kappa shape index (κ3) is 2.38. The number of aliphatic carboxylic acids is 1. The van der Waals surface area contributed by atoms with Crippen molar-refractivity contribution in [1.82, 2.24) is 4.98 Å². The van der Waals surface area contributed by atoms with Crippen molar-refractivity contribution in [1.29, 1.82) is 0 Å². The van der Waals surface area contributed by atoms with Crippen LogP contribution < -0.4 is 4.57 Å². The van der Waals surface area contributed by atoms with Crippen molar-refractivity contribution in [3.63, 3.8) is 0 Å². The van der Waals surface area contributed by atoms with Gasteiger partial charge in [0.25, 0.3) is 0 Å². The molecule has 3 rings (SSSR count). The molecule has 100 valence electrons. The van der Waals surface area contributed by atoms with Crippen LogP contribution in [-0.4, -0.2) is 16.1 Å². The first-order valence-corrected chi connectivity index (χ1v) is 6.27. The molecule has 1 N–H and O–H groups in total. The summed E-state index contributed by atoms with van der Waals surface area (Å²) < 4.78 is 7.31. The van der Waals surface area contributed by atoms with Crippen molar-refractivity contribution in [2.45, 2.75) is 13.0 Å². The summed E-state index contributed by atoms with van der Waals surface area (Å²) >= 11 is 0. The third-order valence-corrected chi connectivity index (χ3v) is 3.13. The van der Waals surface area contributed by atoms with Gasteiger partial charge in [0.15, 0.2) is 24.5 Å². The monoisotopic (exact) mass is 269 g/mol. The summed E-state index contributed by atoms with van der Waals surface area (Å²) in [5.41, 5.74) is 3.57. The summed E-state index contributed by atoms with van der Waals surface area (Å²) in [6, 6.07) is 7.62. The zero-order valence-corrected chi connectivity index (χ0v) is 10.7. The zero-order chi connectivity index (χ0) is 13.9. The van der Waals surface area contributed by atoms with E-state index in [-0.39, 0.29) is 6.42 Å². The number of nitrogens with zero attached hydrogens (tertiary/aromatic N) is 2. The van der Waals surface area contributed by atoms with E-state index >= 15 is 0 Å². The van der Waals surface area contributed by atoms with Gasteiger partial charge in [0.1, 0.15) is 11.9 Å². The average Bonchev–Trinajstić information content (AvgIpc) is 2.94. The summed E-state index contributed by atoms with van der Waals surface area (Å²) in [7, 11) is 0. The standard InChI is InChI=1S/C15H12N2O3/c18-14(19)4-9-17-7-2-11(3-8-17)12-1-6-16-13-5-10-20-15(12)13/h1-3,5-8,10H,4,9H2/p+1. The van der Waals surface area contributed by atoms with Crippen LogP contribution in [0.5, 0.6) is 0 Å². The first kappa shape index (κ1) is 12.3. The van der Waals surface area contributed by atoms with E-state index in [9.17, 15) is 4.79 Å². The van der Waals surface area contributed by atoms with Crippen molar-refractivity contribution >= 4 is 17.1 Å². The van der Waals surface area contributed by atoms with Gasteiger partial charge in [-0.3, -0.25) is 9.78 Å². The van der Waals surface area contributed by atoms with Crippen LogP contribution in [0.3, 0.4) is 0 Å². The lowest BCUT2D eigenvalue weighted by molar-refractivity contribution is -0.695. The number of rotatable bonds is 4. The highest BCUT2D eigenvalue weighted by Crippen LogP contribution is 2.27. The molecule has 0 bridgehead atoms. The predicted molar refractivity (Wildman–Crippen MR) is 71.9 cm³/mol. The molecular weight excluding hydrogens is 256 g/mol.